The summed E-state index contributed by atoms with van der Waals surface area (Å²) in [5.41, 5.74) is 18.3. The minimum atomic E-state index is 0.370. The average Bonchev–Trinajstić information content (AvgIpc) is 2.00. The van der Waals surface area contributed by atoms with Gasteiger partial charge in [0.15, 0.2) is 0 Å². The Hall–Kier alpha value is -1.45. The normalized spacial score (nSPS) is 15.1. The zero-order valence-electron chi connectivity index (χ0n) is 6.89. The largest absolute Gasteiger partial charge is 0.401 e. The Balaban J connectivity index is 4.90. The van der Waals surface area contributed by atoms with Crippen molar-refractivity contribution in [2.45, 2.75) is 13.8 Å². The van der Waals surface area contributed by atoms with Crippen molar-refractivity contribution in [1.29, 1.82) is 0 Å². The number of rotatable bonds is 2. The third-order valence-corrected chi connectivity index (χ3v) is 1.34. The molecule has 0 bridgehead atoms. The van der Waals surface area contributed by atoms with E-state index in [9.17, 15) is 0 Å². The van der Waals surface area contributed by atoms with E-state index in [0.29, 0.717) is 22.8 Å². The first-order valence-electron chi connectivity index (χ1n) is 3.16. The lowest BCUT2D eigenvalue weighted by molar-refractivity contribution is 1.09. The molecule has 0 radical (unpaired) electrons. The second kappa shape index (κ2) is 3.65. The lowest BCUT2D eigenvalue weighted by atomic mass is 10.2. The van der Waals surface area contributed by atoms with Gasteiger partial charge in [0, 0.05) is 5.70 Å². The Morgan fingerprint density at radius 2 is 1.55 bits per heavy atom. The van der Waals surface area contributed by atoms with E-state index in [0.717, 1.165) is 0 Å². The van der Waals surface area contributed by atoms with E-state index >= 15 is 0 Å². The summed E-state index contributed by atoms with van der Waals surface area (Å²) in [7, 11) is 0. The van der Waals surface area contributed by atoms with Gasteiger partial charge in [0.1, 0.15) is 0 Å². The van der Waals surface area contributed by atoms with Crippen LogP contribution in [0.15, 0.2) is 27.8 Å². The van der Waals surface area contributed by atoms with Crippen molar-refractivity contribution in [2.75, 3.05) is 0 Å². The Bertz CT molecular complexity index is 221. The van der Waals surface area contributed by atoms with E-state index in [4.69, 9.17) is 17.2 Å². The molecule has 0 unspecified atom stereocenters. The van der Waals surface area contributed by atoms with Gasteiger partial charge in [-0.2, -0.15) is 0 Å². The Kier molecular flexibility index (Phi) is 3.17. The van der Waals surface area contributed by atoms with E-state index in [-0.39, 0.29) is 0 Å². The second-order valence-electron chi connectivity index (χ2n) is 2.25. The Morgan fingerprint density at radius 3 is 1.82 bits per heavy atom. The van der Waals surface area contributed by atoms with E-state index < -0.39 is 0 Å². The molecule has 0 heterocycles. The van der Waals surface area contributed by atoms with E-state index in [2.05, 4.69) is 11.7 Å². The monoisotopic (exact) mass is 154 g/mol. The van der Waals surface area contributed by atoms with Crippen LogP contribution in [-0.4, -0.2) is 6.72 Å². The van der Waals surface area contributed by atoms with Crippen molar-refractivity contribution < 1.29 is 0 Å². The van der Waals surface area contributed by atoms with Crippen LogP contribution in [0.4, 0.5) is 0 Å². The predicted molar refractivity (Wildman–Crippen MR) is 47.5 cm³/mol. The molecule has 0 aliphatic carbocycles. The highest BCUT2D eigenvalue weighted by Gasteiger charge is 2.00. The molecule has 0 amide bonds. The molecule has 0 fully saturated rings. The Labute approximate surface area is 66.5 Å². The summed E-state index contributed by atoms with van der Waals surface area (Å²) in [5, 5.41) is 0. The third kappa shape index (κ3) is 2.33. The molecule has 0 aromatic rings. The zero-order valence-corrected chi connectivity index (χ0v) is 6.89. The number of allylic oxidation sites excluding steroid dienone is 2. The van der Waals surface area contributed by atoms with Crippen LogP contribution in [0.25, 0.3) is 0 Å². The zero-order chi connectivity index (χ0) is 9.02. The highest BCUT2D eigenvalue weighted by Crippen LogP contribution is 2.06. The minimum Gasteiger partial charge on any atom is -0.401 e. The number of hydrogen-bond donors (Lipinski definition) is 3. The SMILES string of the molecule is C=N/C(C)=C(N)/C(N)=C(\C)N. The minimum absolute atomic E-state index is 0.370. The fraction of sp³-hybridized carbons (Fsp3) is 0.286. The molecule has 0 aromatic carbocycles. The molecule has 0 rings (SSSR count). The quantitative estimate of drug-likeness (QED) is 0.387. The number of nitrogens with two attached hydrogens (primary N) is 3. The van der Waals surface area contributed by atoms with Gasteiger partial charge in [-0.15, -0.1) is 0 Å². The second-order valence-corrected chi connectivity index (χ2v) is 2.25. The van der Waals surface area contributed by atoms with Gasteiger partial charge in [-0.1, -0.05) is 0 Å². The molecule has 0 spiro atoms. The summed E-state index contributed by atoms with van der Waals surface area (Å²) in [6.07, 6.45) is 0. The topological polar surface area (TPSA) is 90.4 Å². The summed E-state index contributed by atoms with van der Waals surface area (Å²) in [6.45, 7) is 6.72. The fourth-order valence-corrected chi connectivity index (χ4v) is 0.492. The van der Waals surface area contributed by atoms with Gasteiger partial charge in [0.2, 0.25) is 0 Å². The van der Waals surface area contributed by atoms with Crippen LogP contribution >= 0.6 is 0 Å². The van der Waals surface area contributed by atoms with Crippen LogP contribution in [0, 0.1) is 0 Å². The van der Waals surface area contributed by atoms with Crippen molar-refractivity contribution in [1.82, 2.24) is 0 Å². The van der Waals surface area contributed by atoms with Gasteiger partial charge in [0.25, 0.3) is 0 Å². The van der Waals surface area contributed by atoms with Crippen LogP contribution < -0.4 is 17.2 Å². The van der Waals surface area contributed by atoms with Gasteiger partial charge >= 0.3 is 0 Å². The molecule has 4 heteroatoms. The maximum Gasteiger partial charge on any atom is 0.0780 e. The molecule has 0 saturated carbocycles. The van der Waals surface area contributed by atoms with Crippen LogP contribution in [-0.2, 0) is 0 Å². The van der Waals surface area contributed by atoms with Crippen LogP contribution in [0.5, 0.6) is 0 Å². The molecule has 0 aromatic heterocycles. The Morgan fingerprint density at radius 1 is 1.09 bits per heavy atom. The molecular formula is C7H14N4. The maximum atomic E-state index is 5.56. The van der Waals surface area contributed by atoms with E-state index in [1.807, 2.05) is 0 Å². The molecule has 11 heavy (non-hydrogen) atoms. The molecule has 4 nitrogen and oxygen atoms in total. The molecule has 0 saturated heterocycles. The highest BCUT2D eigenvalue weighted by molar-refractivity contribution is 5.36. The number of hydrogen-bond acceptors (Lipinski definition) is 4. The average molecular weight is 154 g/mol. The molecule has 0 aliphatic rings. The van der Waals surface area contributed by atoms with Gasteiger partial charge in [0.05, 0.1) is 17.1 Å². The first-order chi connectivity index (χ1) is 5.00. The van der Waals surface area contributed by atoms with Gasteiger partial charge in [-0.3, -0.25) is 4.99 Å². The maximum absolute atomic E-state index is 5.56. The molecule has 6 N–H and O–H groups in total. The van der Waals surface area contributed by atoms with E-state index in [1.54, 1.807) is 13.8 Å². The van der Waals surface area contributed by atoms with Crippen molar-refractivity contribution in [3.8, 4) is 0 Å². The summed E-state index contributed by atoms with van der Waals surface area (Å²) in [6, 6.07) is 0. The van der Waals surface area contributed by atoms with Crippen LogP contribution in [0.1, 0.15) is 13.8 Å². The summed E-state index contributed by atoms with van der Waals surface area (Å²) >= 11 is 0. The highest BCUT2D eigenvalue weighted by atomic mass is 14.8. The van der Waals surface area contributed by atoms with Crippen molar-refractivity contribution in [3.63, 3.8) is 0 Å². The fourth-order valence-electron chi connectivity index (χ4n) is 0.492. The predicted octanol–water partition coefficient (Wildman–Crippen LogP) is 0.0261. The molecule has 0 atom stereocenters. The smallest absolute Gasteiger partial charge is 0.0780 e. The van der Waals surface area contributed by atoms with Crippen molar-refractivity contribution >= 4 is 6.72 Å². The lowest BCUT2D eigenvalue weighted by Crippen LogP contribution is -2.16. The summed E-state index contributed by atoms with van der Waals surface area (Å²) < 4.78 is 0. The summed E-state index contributed by atoms with van der Waals surface area (Å²) in [5.74, 6) is 0. The molecule has 62 valence electrons. The molecule has 0 aliphatic heterocycles. The lowest BCUT2D eigenvalue weighted by Gasteiger charge is -2.04. The van der Waals surface area contributed by atoms with Crippen molar-refractivity contribution in [2.24, 2.45) is 22.2 Å². The number of aliphatic imine (C=N–C) groups is 1. The molecular weight excluding hydrogens is 140 g/mol. The van der Waals surface area contributed by atoms with Gasteiger partial charge in [-0.05, 0) is 20.6 Å². The van der Waals surface area contributed by atoms with E-state index in [1.165, 1.54) is 0 Å². The van der Waals surface area contributed by atoms with Crippen molar-refractivity contribution in [3.05, 3.63) is 22.8 Å². The standard InChI is InChI=1S/C7H14N4/c1-4(8)6(9)7(10)5(2)11-3/h3,8-10H2,1-2H3/b6-4-,7-5-. The van der Waals surface area contributed by atoms with Crippen LogP contribution in [0.2, 0.25) is 0 Å². The van der Waals surface area contributed by atoms with Crippen LogP contribution in [0.3, 0.4) is 0 Å². The first-order valence-corrected chi connectivity index (χ1v) is 3.16. The third-order valence-electron chi connectivity index (χ3n) is 1.34. The van der Waals surface area contributed by atoms with Gasteiger partial charge < -0.3 is 17.2 Å². The first kappa shape index (κ1) is 9.55. The summed E-state index contributed by atoms with van der Waals surface area (Å²) in [4.78, 5) is 3.63. The number of nitrogens with zero attached hydrogens (tertiary/aromatic N) is 1. The van der Waals surface area contributed by atoms with Gasteiger partial charge in [-0.25, -0.2) is 0 Å².